The van der Waals surface area contributed by atoms with Gasteiger partial charge in [-0.25, -0.2) is 4.39 Å². The predicted molar refractivity (Wildman–Crippen MR) is 55.7 cm³/mol. The molecule has 13 heavy (non-hydrogen) atoms. The number of alkyl halides is 2. The first-order valence-corrected chi connectivity index (χ1v) is 4.94. The van der Waals surface area contributed by atoms with Crippen molar-refractivity contribution in [3.63, 3.8) is 0 Å². The van der Waals surface area contributed by atoms with E-state index in [9.17, 15) is 4.39 Å². The second-order valence-electron chi connectivity index (χ2n) is 3.54. The molecule has 0 heterocycles. The molecular formula is C11H10BrF. The van der Waals surface area contributed by atoms with E-state index in [0.717, 1.165) is 5.56 Å². The van der Waals surface area contributed by atoms with Gasteiger partial charge in [0.2, 0.25) is 0 Å². The molecule has 0 bridgehead atoms. The Morgan fingerprint density at radius 1 is 1.31 bits per heavy atom. The van der Waals surface area contributed by atoms with Crippen molar-refractivity contribution >= 4 is 15.9 Å². The molecule has 0 spiro atoms. The minimum Gasteiger partial charge on any atom is -0.225 e. The summed E-state index contributed by atoms with van der Waals surface area (Å²) in [6.07, 6.45) is 0. The van der Waals surface area contributed by atoms with E-state index in [1.54, 1.807) is 0 Å². The Labute approximate surface area is 85.6 Å². The summed E-state index contributed by atoms with van der Waals surface area (Å²) in [5.41, 5.74) is 1.03. The molecular weight excluding hydrogens is 231 g/mol. The van der Waals surface area contributed by atoms with Gasteiger partial charge in [-0.05, 0) is 34.0 Å². The highest BCUT2D eigenvalue weighted by atomic mass is 79.9. The van der Waals surface area contributed by atoms with Gasteiger partial charge in [-0.15, -0.1) is 0 Å². The third kappa shape index (κ3) is 0.953. The highest BCUT2D eigenvalue weighted by Crippen LogP contribution is 2.67. The highest BCUT2D eigenvalue weighted by Gasteiger charge is 2.69. The summed E-state index contributed by atoms with van der Waals surface area (Å²) in [6, 6.07) is 9.60. The Hall–Kier alpha value is -0.630. The number of halogens is 2. The lowest BCUT2D eigenvalue weighted by atomic mass is 9.97. The molecule has 1 aromatic carbocycles. The average molecular weight is 241 g/mol. The molecule has 0 aromatic heterocycles. The van der Waals surface area contributed by atoms with Crippen LogP contribution in [0, 0.1) is 0 Å². The van der Waals surface area contributed by atoms with E-state index in [-0.39, 0.29) is 0 Å². The van der Waals surface area contributed by atoms with Crippen LogP contribution < -0.4 is 0 Å². The van der Waals surface area contributed by atoms with Gasteiger partial charge in [-0.3, -0.25) is 0 Å². The number of allylic oxidation sites excluding steroid dienone is 1. The van der Waals surface area contributed by atoms with Crippen LogP contribution in [0.4, 0.5) is 4.39 Å². The van der Waals surface area contributed by atoms with Gasteiger partial charge in [0.05, 0.1) is 5.41 Å². The van der Waals surface area contributed by atoms with Gasteiger partial charge in [0.15, 0.2) is 4.58 Å². The fraction of sp³-hybridized carbons (Fsp3) is 0.273. The van der Waals surface area contributed by atoms with E-state index in [1.165, 1.54) is 0 Å². The van der Waals surface area contributed by atoms with E-state index in [2.05, 4.69) is 22.5 Å². The zero-order chi connectivity index (χ0) is 9.69. The summed E-state index contributed by atoms with van der Waals surface area (Å²) in [6.45, 7) is 5.59. The number of benzene rings is 1. The van der Waals surface area contributed by atoms with Gasteiger partial charge in [-0.1, -0.05) is 36.9 Å². The van der Waals surface area contributed by atoms with Crippen molar-refractivity contribution in [3.05, 3.63) is 48.0 Å². The van der Waals surface area contributed by atoms with Crippen molar-refractivity contribution in [2.45, 2.75) is 16.9 Å². The topological polar surface area (TPSA) is 0 Å². The molecule has 0 saturated heterocycles. The average Bonchev–Trinajstić information content (AvgIpc) is 2.53. The molecule has 2 atom stereocenters. The van der Waals surface area contributed by atoms with Crippen molar-refractivity contribution in [1.29, 1.82) is 0 Å². The Kier molecular flexibility index (Phi) is 1.68. The monoisotopic (exact) mass is 240 g/mol. The van der Waals surface area contributed by atoms with Crippen LogP contribution in [0.15, 0.2) is 42.5 Å². The highest BCUT2D eigenvalue weighted by molar-refractivity contribution is 9.10. The Morgan fingerprint density at radius 2 is 1.77 bits per heavy atom. The molecule has 1 saturated carbocycles. The summed E-state index contributed by atoms with van der Waals surface area (Å²) in [5, 5.41) is 0. The van der Waals surface area contributed by atoms with Crippen molar-refractivity contribution in [2.24, 2.45) is 0 Å². The molecule has 0 amide bonds. The molecule has 0 nitrogen and oxygen atoms in total. The fourth-order valence-corrected chi connectivity index (χ4v) is 2.42. The molecule has 68 valence electrons. The molecule has 1 aliphatic carbocycles. The first-order valence-electron chi connectivity index (χ1n) is 4.14. The zero-order valence-corrected chi connectivity index (χ0v) is 8.94. The lowest BCUT2D eigenvalue weighted by Crippen LogP contribution is -2.09. The van der Waals surface area contributed by atoms with Crippen LogP contribution in [0.2, 0.25) is 0 Å². The molecule has 0 aliphatic heterocycles. The van der Waals surface area contributed by atoms with Gasteiger partial charge in [0.25, 0.3) is 0 Å². The van der Waals surface area contributed by atoms with Crippen LogP contribution in [0.25, 0.3) is 0 Å². The summed E-state index contributed by atoms with van der Waals surface area (Å²) in [7, 11) is 0. The maximum absolute atomic E-state index is 13.7. The second kappa shape index (κ2) is 2.44. The standard InChI is InChI=1S/C11H10BrF/c1-8-10(2,11(8,12)13)9-6-4-3-5-7-9/h3-7H,1H2,2H3. The van der Waals surface area contributed by atoms with E-state index in [0.29, 0.717) is 5.57 Å². The Balaban J connectivity index is 2.46. The maximum Gasteiger partial charge on any atom is 0.200 e. The van der Waals surface area contributed by atoms with Crippen LogP contribution >= 0.6 is 15.9 Å². The normalized spacial score (nSPS) is 37.6. The molecule has 2 rings (SSSR count). The summed E-state index contributed by atoms with van der Waals surface area (Å²) < 4.78 is 12.3. The van der Waals surface area contributed by atoms with Gasteiger partial charge in [0, 0.05) is 0 Å². The number of hydrogen-bond donors (Lipinski definition) is 0. The molecule has 2 heteroatoms. The second-order valence-corrected chi connectivity index (χ2v) is 4.64. The van der Waals surface area contributed by atoms with Crippen molar-refractivity contribution in [1.82, 2.24) is 0 Å². The maximum atomic E-state index is 13.7. The molecule has 0 N–H and O–H groups in total. The number of rotatable bonds is 1. The van der Waals surface area contributed by atoms with Crippen LogP contribution in [0.5, 0.6) is 0 Å². The molecule has 2 unspecified atom stereocenters. The zero-order valence-electron chi connectivity index (χ0n) is 7.35. The third-order valence-electron chi connectivity index (χ3n) is 2.90. The Morgan fingerprint density at radius 3 is 2.15 bits per heavy atom. The molecule has 1 aromatic rings. The molecule has 0 radical (unpaired) electrons. The SMILES string of the molecule is C=C1C(F)(Br)C1(C)c1ccccc1. The lowest BCUT2D eigenvalue weighted by molar-refractivity contribution is 0.405. The summed E-state index contributed by atoms with van der Waals surface area (Å²) >= 11 is 3.04. The molecule has 1 fully saturated rings. The number of hydrogen-bond acceptors (Lipinski definition) is 0. The van der Waals surface area contributed by atoms with E-state index < -0.39 is 9.99 Å². The van der Waals surface area contributed by atoms with Crippen molar-refractivity contribution in [2.75, 3.05) is 0 Å². The van der Waals surface area contributed by atoms with Crippen LogP contribution in [-0.2, 0) is 5.41 Å². The van der Waals surface area contributed by atoms with Gasteiger partial charge in [0.1, 0.15) is 0 Å². The summed E-state index contributed by atoms with van der Waals surface area (Å²) in [4.78, 5) is 0. The minimum atomic E-state index is -1.42. The smallest absolute Gasteiger partial charge is 0.200 e. The van der Waals surface area contributed by atoms with Gasteiger partial charge < -0.3 is 0 Å². The van der Waals surface area contributed by atoms with Gasteiger partial charge in [-0.2, -0.15) is 0 Å². The van der Waals surface area contributed by atoms with Crippen molar-refractivity contribution < 1.29 is 4.39 Å². The largest absolute Gasteiger partial charge is 0.225 e. The Bertz CT molecular complexity index is 356. The molecule has 1 aliphatic rings. The fourth-order valence-electron chi connectivity index (χ4n) is 1.65. The summed E-state index contributed by atoms with van der Waals surface area (Å²) in [5.74, 6) is 0. The third-order valence-corrected chi connectivity index (χ3v) is 4.17. The van der Waals surface area contributed by atoms with E-state index >= 15 is 0 Å². The first-order chi connectivity index (χ1) is 6.01. The first kappa shape index (κ1) is 8.95. The van der Waals surface area contributed by atoms with Gasteiger partial charge >= 0.3 is 0 Å². The quantitative estimate of drug-likeness (QED) is 0.520. The van der Waals surface area contributed by atoms with Crippen LogP contribution in [0.3, 0.4) is 0 Å². The predicted octanol–water partition coefficient (Wildman–Crippen LogP) is 3.57. The van der Waals surface area contributed by atoms with E-state index in [4.69, 9.17) is 0 Å². The van der Waals surface area contributed by atoms with E-state index in [1.807, 2.05) is 37.3 Å². The van der Waals surface area contributed by atoms with Crippen LogP contribution in [0.1, 0.15) is 12.5 Å². The minimum absolute atomic E-state index is 0.547. The van der Waals surface area contributed by atoms with Crippen LogP contribution in [-0.4, -0.2) is 4.58 Å². The lowest BCUT2D eigenvalue weighted by Gasteiger charge is -2.09. The van der Waals surface area contributed by atoms with Crippen molar-refractivity contribution in [3.8, 4) is 0 Å².